The molecule has 0 saturated carbocycles. The Labute approximate surface area is 146 Å². The van der Waals surface area contributed by atoms with Crippen LogP contribution in [0.25, 0.3) is 0 Å². The minimum atomic E-state index is -0.844. The second-order valence-electron chi connectivity index (χ2n) is 7.74. The minimum Gasteiger partial charge on any atom is -0.403 e. The van der Waals surface area contributed by atoms with E-state index >= 15 is 0 Å². The molecule has 0 aromatic heterocycles. The maximum atomic E-state index is 12.1. The highest BCUT2D eigenvalue weighted by Gasteiger charge is 2.50. The Balaban J connectivity index is 2.56. The van der Waals surface area contributed by atoms with Crippen LogP contribution in [0, 0.1) is 0 Å². The molecule has 24 heavy (non-hydrogen) atoms. The van der Waals surface area contributed by atoms with Crippen molar-refractivity contribution in [3.8, 4) is 0 Å². The summed E-state index contributed by atoms with van der Waals surface area (Å²) in [5.41, 5.74) is -1.48. The maximum Gasteiger partial charge on any atom is 0.457 e. The van der Waals surface area contributed by atoms with Gasteiger partial charge in [0.05, 0.1) is 11.2 Å². The summed E-state index contributed by atoms with van der Waals surface area (Å²) in [6.45, 7) is 14.8. The quantitative estimate of drug-likeness (QED) is 0.398. The summed E-state index contributed by atoms with van der Waals surface area (Å²) in [6, 6.07) is 0. The molecule has 1 aliphatic rings. The van der Waals surface area contributed by atoms with E-state index in [0.29, 0.717) is 12.8 Å². The van der Waals surface area contributed by atoms with Gasteiger partial charge >= 0.3 is 7.12 Å². The molecule has 0 aliphatic carbocycles. The number of carbonyl (C=O) groups excluding carboxylic acids is 2. The standard InChI is InChI=1S/C18H32BNO4/c1-8-11-18(14(2)21,20-15(3)22)12-9-10-13-19-23-16(4,5)17(6,7)24-19/h8H,1,9-13H2,2-7H3,(H,20,22). The molecule has 1 unspecified atom stereocenters. The first-order valence-corrected chi connectivity index (χ1v) is 8.72. The number of nitrogens with one attached hydrogen (secondary N) is 1. The third kappa shape index (κ3) is 4.93. The summed E-state index contributed by atoms with van der Waals surface area (Å²) < 4.78 is 12.0. The normalized spacial score (nSPS) is 21.2. The van der Waals surface area contributed by atoms with Gasteiger partial charge in [0.1, 0.15) is 5.54 Å². The van der Waals surface area contributed by atoms with E-state index in [1.807, 2.05) is 27.7 Å². The second-order valence-corrected chi connectivity index (χ2v) is 7.74. The smallest absolute Gasteiger partial charge is 0.403 e. The van der Waals surface area contributed by atoms with Crippen molar-refractivity contribution in [2.45, 2.75) is 90.3 Å². The van der Waals surface area contributed by atoms with E-state index in [2.05, 4.69) is 11.9 Å². The van der Waals surface area contributed by atoms with Gasteiger partial charge in [-0.25, -0.2) is 0 Å². The first kappa shape index (κ1) is 20.9. The highest BCUT2D eigenvalue weighted by atomic mass is 16.7. The number of carbonyl (C=O) groups is 2. The van der Waals surface area contributed by atoms with Crippen LogP contribution in [0.3, 0.4) is 0 Å². The Bertz CT molecular complexity index is 473. The maximum absolute atomic E-state index is 12.1. The first-order valence-electron chi connectivity index (χ1n) is 8.72. The number of hydrogen-bond donors (Lipinski definition) is 1. The zero-order chi connectivity index (χ0) is 18.6. The van der Waals surface area contributed by atoms with Gasteiger partial charge in [-0.2, -0.15) is 0 Å². The van der Waals surface area contributed by atoms with Gasteiger partial charge in [0.2, 0.25) is 5.91 Å². The Morgan fingerprint density at radius 1 is 1.12 bits per heavy atom. The van der Waals surface area contributed by atoms with Crippen molar-refractivity contribution >= 4 is 18.8 Å². The van der Waals surface area contributed by atoms with Crippen molar-refractivity contribution in [2.24, 2.45) is 0 Å². The fourth-order valence-electron chi connectivity index (χ4n) is 3.03. The summed E-state index contributed by atoms with van der Waals surface area (Å²) in [6.07, 6.45) is 5.16. The monoisotopic (exact) mass is 337 g/mol. The first-order chi connectivity index (χ1) is 11.0. The molecular formula is C18H32BNO4. The second kappa shape index (κ2) is 7.83. The largest absolute Gasteiger partial charge is 0.457 e. The molecule has 1 heterocycles. The topological polar surface area (TPSA) is 64.6 Å². The van der Waals surface area contributed by atoms with Gasteiger partial charge in [0, 0.05) is 6.92 Å². The molecule has 0 aromatic rings. The summed E-state index contributed by atoms with van der Waals surface area (Å²) in [5.74, 6) is -0.230. The van der Waals surface area contributed by atoms with Crippen LogP contribution >= 0.6 is 0 Å². The van der Waals surface area contributed by atoms with Crippen molar-refractivity contribution in [3.63, 3.8) is 0 Å². The van der Waals surface area contributed by atoms with E-state index in [4.69, 9.17) is 9.31 Å². The molecule has 1 fully saturated rings. The molecule has 0 bridgehead atoms. The molecule has 1 N–H and O–H groups in total. The van der Waals surface area contributed by atoms with Gasteiger partial charge in [-0.3, -0.25) is 9.59 Å². The third-order valence-corrected chi connectivity index (χ3v) is 5.18. The van der Waals surface area contributed by atoms with Gasteiger partial charge < -0.3 is 14.6 Å². The van der Waals surface area contributed by atoms with Crippen LogP contribution in [0.5, 0.6) is 0 Å². The number of Topliss-reactive ketones (excluding diaryl/α,β-unsaturated/α-hetero) is 1. The summed E-state index contributed by atoms with van der Waals surface area (Å²) in [4.78, 5) is 23.6. The van der Waals surface area contributed by atoms with Crippen molar-refractivity contribution in [2.75, 3.05) is 0 Å². The summed E-state index contributed by atoms with van der Waals surface area (Å²) in [7, 11) is -0.220. The molecule has 1 saturated heterocycles. The molecule has 1 atom stereocenters. The van der Waals surface area contributed by atoms with Crippen LogP contribution in [0.1, 0.15) is 67.2 Å². The molecule has 0 radical (unpaired) electrons. The predicted octanol–water partition coefficient (Wildman–Crippen LogP) is 3.29. The van der Waals surface area contributed by atoms with Gasteiger partial charge in [-0.05, 0) is 53.8 Å². The number of unbranched alkanes of at least 4 members (excludes halogenated alkanes) is 1. The van der Waals surface area contributed by atoms with E-state index in [9.17, 15) is 9.59 Å². The molecule has 0 spiro atoms. The lowest BCUT2D eigenvalue weighted by Crippen LogP contribution is -2.52. The van der Waals surface area contributed by atoms with Crippen LogP contribution in [0.4, 0.5) is 0 Å². The average Bonchev–Trinajstić information content (AvgIpc) is 2.62. The zero-order valence-electron chi connectivity index (χ0n) is 16.0. The van der Waals surface area contributed by atoms with Crippen molar-refractivity contribution < 1.29 is 18.9 Å². The van der Waals surface area contributed by atoms with Crippen LogP contribution in [0.15, 0.2) is 12.7 Å². The SMILES string of the molecule is C=CCC(CCCCB1OC(C)(C)C(C)(C)O1)(NC(C)=O)C(C)=O. The molecule has 5 nitrogen and oxygen atoms in total. The van der Waals surface area contributed by atoms with Crippen molar-refractivity contribution in [3.05, 3.63) is 12.7 Å². The molecule has 0 aromatic carbocycles. The number of ketones is 1. The lowest BCUT2D eigenvalue weighted by molar-refractivity contribution is -0.130. The summed E-state index contributed by atoms with van der Waals surface area (Å²) >= 11 is 0. The molecule has 6 heteroatoms. The average molecular weight is 337 g/mol. The minimum absolute atomic E-state index is 0.0340. The molecule has 136 valence electrons. The third-order valence-electron chi connectivity index (χ3n) is 5.18. The molecule has 1 rings (SSSR count). The van der Waals surface area contributed by atoms with E-state index in [1.165, 1.54) is 13.8 Å². The highest BCUT2D eigenvalue weighted by Crippen LogP contribution is 2.38. The fourth-order valence-corrected chi connectivity index (χ4v) is 3.03. The Kier molecular flexibility index (Phi) is 6.82. The van der Waals surface area contributed by atoms with E-state index in [0.717, 1.165) is 19.2 Å². The van der Waals surface area contributed by atoms with Gasteiger partial charge in [0.25, 0.3) is 0 Å². The van der Waals surface area contributed by atoms with Crippen molar-refractivity contribution in [1.82, 2.24) is 5.32 Å². The molecular weight excluding hydrogens is 305 g/mol. The molecule has 1 aliphatic heterocycles. The lowest BCUT2D eigenvalue weighted by atomic mass is 9.79. The number of rotatable bonds is 9. The zero-order valence-corrected chi connectivity index (χ0v) is 16.0. The Morgan fingerprint density at radius 2 is 1.67 bits per heavy atom. The van der Waals surface area contributed by atoms with Crippen LogP contribution in [0.2, 0.25) is 6.32 Å². The van der Waals surface area contributed by atoms with Gasteiger partial charge in [0.15, 0.2) is 5.78 Å². The van der Waals surface area contributed by atoms with Crippen molar-refractivity contribution in [1.29, 1.82) is 0 Å². The van der Waals surface area contributed by atoms with Crippen LogP contribution in [-0.2, 0) is 18.9 Å². The Hall–Kier alpha value is -1.14. The van der Waals surface area contributed by atoms with Crippen LogP contribution < -0.4 is 5.32 Å². The Morgan fingerprint density at radius 3 is 2.08 bits per heavy atom. The number of amides is 1. The van der Waals surface area contributed by atoms with E-state index in [1.54, 1.807) is 6.08 Å². The molecule has 1 amide bonds. The fraction of sp³-hybridized carbons (Fsp3) is 0.778. The summed E-state index contributed by atoms with van der Waals surface area (Å²) in [5, 5.41) is 2.83. The lowest BCUT2D eigenvalue weighted by Gasteiger charge is -2.32. The van der Waals surface area contributed by atoms with E-state index < -0.39 is 5.54 Å². The van der Waals surface area contributed by atoms with E-state index in [-0.39, 0.29) is 30.0 Å². The van der Waals surface area contributed by atoms with Crippen LogP contribution in [-0.4, -0.2) is 35.5 Å². The van der Waals surface area contributed by atoms with Gasteiger partial charge in [-0.1, -0.05) is 18.9 Å². The highest BCUT2D eigenvalue weighted by molar-refractivity contribution is 6.45. The predicted molar refractivity (Wildman–Crippen MR) is 96.8 cm³/mol. The van der Waals surface area contributed by atoms with Gasteiger partial charge in [-0.15, -0.1) is 6.58 Å². The number of hydrogen-bond acceptors (Lipinski definition) is 4.